The molecule has 2 N–H and O–H groups in total. The van der Waals surface area contributed by atoms with Crippen molar-refractivity contribution in [2.24, 2.45) is 0 Å². The van der Waals surface area contributed by atoms with Gasteiger partial charge in [-0.05, 0) is 24.6 Å². The van der Waals surface area contributed by atoms with Crippen molar-refractivity contribution in [2.75, 3.05) is 0 Å². The van der Waals surface area contributed by atoms with Gasteiger partial charge in [0.1, 0.15) is 0 Å². The van der Waals surface area contributed by atoms with Crippen molar-refractivity contribution in [1.29, 1.82) is 0 Å². The molecule has 1 atom stereocenters. The number of rotatable bonds is 4. The van der Waals surface area contributed by atoms with Gasteiger partial charge in [-0.25, -0.2) is 4.79 Å². The minimum atomic E-state index is -1.71. The molecular formula is C14H14O3S. The first-order valence-electron chi connectivity index (χ1n) is 5.59. The van der Waals surface area contributed by atoms with E-state index in [9.17, 15) is 9.90 Å². The molecule has 0 bridgehead atoms. The Morgan fingerprint density at radius 2 is 1.89 bits per heavy atom. The molecule has 0 saturated carbocycles. The van der Waals surface area contributed by atoms with E-state index in [0.29, 0.717) is 0 Å². The highest BCUT2D eigenvalue weighted by atomic mass is 32.1. The molecule has 1 heterocycles. The smallest absolute Gasteiger partial charge is 0.335 e. The molecule has 2 rings (SSSR count). The highest BCUT2D eigenvalue weighted by Gasteiger charge is 2.30. The first kappa shape index (κ1) is 12.8. The van der Waals surface area contributed by atoms with Crippen molar-refractivity contribution in [3.8, 4) is 10.4 Å². The zero-order chi connectivity index (χ0) is 13.2. The first-order chi connectivity index (χ1) is 8.49. The molecule has 0 saturated heterocycles. The number of benzene rings is 1. The number of thiophene rings is 1. The van der Waals surface area contributed by atoms with Crippen LogP contribution < -0.4 is 0 Å². The van der Waals surface area contributed by atoms with Gasteiger partial charge in [-0.15, -0.1) is 11.3 Å². The second-order valence-corrected chi connectivity index (χ2v) is 5.56. The van der Waals surface area contributed by atoms with Crippen molar-refractivity contribution >= 4 is 17.3 Å². The molecule has 0 aliphatic carbocycles. The van der Waals surface area contributed by atoms with Crippen LogP contribution >= 0.6 is 11.3 Å². The van der Waals surface area contributed by atoms with Gasteiger partial charge in [-0.3, -0.25) is 0 Å². The fourth-order valence-electron chi connectivity index (χ4n) is 1.65. The number of hydrogen-bond donors (Lipinski definition) is 2. The average Bonchev–Trinajstić information content (AvgIpc) is 2.78. The number of carbonyl (C=O) groups is 1. The van der Waals surface area contributed by atoms with E-state index in [2.05, 4.69) is 0 Å². The molecule has 0 fully saturated rings. The molecule has 4 heteroatoms. The molecule has 0 aliphatic rings. The molecule has 1 aromatic heterocycles. The fraction of sp³-hybridized carbons (Fsp3) is 0.214. The van der Waals surface area contributed by atoms with Crippen LogP contribution in [0.5, 0.6) is 0 Å². The molecule has 2 aromatic rings. The van der Waals surface area contributed by atoms with Gasteiger partial charge in [0.25, 0.3) is 0 Å². The van der Waals surface area contributed by atoms with Gasteiger partial charge >= 0.3 is 5.97 Å². The molecular weight excluding hydrogens is 248 g/mol. The summed E-state index contributed by atoms with van der Waals surface area (Å²) in [5.41, 5.74) is -0.609. The van der Waals surface area contributed by atoms with Gasteiger partial charge in [0.2, 0.25) is 0 Å². The van der Waals surface area contributed by atoms with Crippen molar-refractivity contribution in [3.05, 3.63) is 47.3 Å². The van der Waals surface area contributed by atoms with E-state index >= 15 is 0 Å². The SMILES string of the molecule is CC(O)(Cc1ccc(-c2ccccc2)s1)C(=O)O. The summed E-state index contributed by atoms with van der Waals surface area (Å²) >= 11 is 1.51. The van der Waals surface area contributed by atoms with Crippen molar-refractivity contribution in [2.45, 2.75) is 18.9 Å². The Morgan fingerprint density at radius 3 is 2.50 bits per heavy atom. The zero-order valence-electron chi connectivity index (χ0n) is 9.96. The minimum absolute atomic E-state index is 0.125. The Balaban J connectivity index is 2.19. The quantitative estimate of drug-likeness (QED) is 0.890. The topological polar surface area (TPSA) is 57.5 Å². The number of aliphatic carboxylic acids is 1. The van der Waals surface area contributed by atoms with Crippen molar-refractivity contribution in [1.82, 2.24) is 0 Å². The third kappa shape index (κ3) is 2.78. The van der Waals surface area contributed by atoms with Crippen LogP contribution in [0.3, 0.4) is 0 Å². The first-order valence-corrected chi connectivity index (χ1v) is 6.40. The van der Waals surface area contributed by atoms with E-state index < -0.39 is 11.6 Å². The number of hydrogen-bond acceptors (Lipinski definition) is 3. The molecule has 3 nitrogen and oxygen atoms in total. The van der Waals surface area contributed by atoms with Crippen LogP contribution in [0.1, 0.15) is 11.8 Å². The summed E-state index contributed by atoms with van der Waals surface area (Å²) < 4.78 is 0. The molecule has 0 aliphatic heterocycles. The van der Waals surface area contributed by atoms with E-state index in [4.69, 9.17) is 5.11 Å². The summed E-state index contributed by atoms with van der Waals surface area (Å²) in [6, 6.07) is 13.7. The van der Waals surface area contributed by atoms with Gasteiger partial charge < -0.3 is 10.2 Å². The zero-order valence-corrected chi connectivity index (χ0v) is 10.8. The molecule has 0 amide bonds. The maximum Gasteiger partial charge on any atom is 0.335 e. The average molecular weight is 262 g/mol. The van der Waals surface area contributed by atoms with Gasteiger partial charge in [0, 0.05) is 16.2 Å². The van der Waals surface area contributed by atoms with E-state index in [1.807, 2.05) is 42.5 Å². The predicted octanol–water partition coefficient (Wildman–Crippen LogP) is 2.79. The second kappa shape index (κ2) is 4.92. The van der Waals surface area contributed by atoms with Crippen molar-refractivity contribution in [3.63, 3.8) is 0 Å². The van der Waals surface area contributed by atoms with E-state index in [-0.39, 0.29) is 6.42 Å². The van der Waals surface area contributed by atoms with Crippen LogP contribution in [0.2, 0.25) is 0 Å². The Bertz CT molecular complexity index is 543. The summed E-state index contributed by atoms with van der Waals surface area (Å²) in [5, 5.41) is 18.6. The van der Waals surface area contributed by atoms with Gasteiger partial charge in [0.05, 0.1) is 0 Å². The standard InChI is InChI=1S/C14H14O3S/c1-14(17,13(15)16)9-11-7-8-12(18-11)10-5-3-2-4-6-10/h2-8,17H,9H2,1H3,(H,15,16). The highest BCUT2D eigenvalue weighted by Crippen LogP contribution is 2.29. The Morgan fingerprint density at radius 1 is 1.22 bits per heavy atom. The monoisotopic (exact) mass is 262 g/mol. The molecule has 0 spiro atoms. The van der Waals surface area contributed by atoms with Crippen LogP contribution in [-0.4, -0.2) is 21.8 Å². The fourth-order valence-corrected chi connectivity index (χ4v) is 2.81. The minimum Gasteiger partial charge on any atom is -0.479 e. The number of carboxylic acids is 1. The maximum absolute atomic E-state index is 10.9. The summed E-state index contributed by atoms with van der Waals surface area (Å²) in [6.45, 7) is 1.32. The van der Waals surface area contributed by atoms with E-state index in [1.54, 1.807) is 0 Å². The summed E-state index contributed by atoms with van der Waals surface area (Å²) in [4.78, 5) is 12.8. The third-order valence-corrected chi connectivity index (χ3v) is 3.83. The largest absolute Gasteiger partial charge is 0.479 e. The Kier molecular flexibility index (Phi) is 3.50. The third-order valence-electron chi connectivity index (χ3n) is 2.70. The number of carboxylic acid groups (broad SMARTS) is 1. The predicted molar refractivity (Wildman–Crippen MR) is 71.7 cm³/mol. The van der Waals surface area contributed by atoms with Gasteiger partial charge in [0.15, 0.2) is 5.60 Å². The lowest BCUT2D eigenvalue weighted by Crippen LogP contribution is -2.36. The molecule has 1 aromatic carbocycles. The second-order valence-electron chi connectivity index (χ2n) is 4.39. The van der Waals surface area contributed by atoms with Crippen LogP contribution in [0.4, 0.5) is 0 Å². The van der Waals surface area contributed by atoms with Crippen LogP contribution in [0.25, 0.3) is 10.4 Å². The summed E-state index contributed by atoms with van der Waals surface area (Å²) in [7, 11) is 0. The van der Waals surface area contributed by atoms with E-state index in [0.717, 1.165) is 15.3 Å². The molecule has 18 heavy (non-hydrogen) atoms. The lowest BCUT2D eigenvalue weighted by Gasteiger charge is -2.16. The number of aliphatic hydroxyl groups is 1. The van der Waals surface area contributed by atoms with Crippen LogP contribution in [-0.2, 0) is 11.2 Å². The Hall–Kier alpha value is -1.65. The van der Waals surface area contributed by atoms with Gasteiger partial charge in [-0.1, -0.05) is 30.3 Å². The molecule has 1 unspecified atom stereocenters. The highest BCUT2D eigenvalue weighted by molar-refractivity contribution is 7.15. The normalized spacial score (nSPS) is 14.1. The lowest BCUT2D eigenvalue weighted by molar-refractivity contribution is -0.156. The Labute approximate surface area is 109 Å². The van der Waals surface area contributed by atoms with Crippen molar-refractivity contribution < 1.29 is 15.0 Å². The summed E-state index contributed by atoms with van der Waals surface area (Å²) in [5.74, 6) is -1.20. The van der Waals surface area contributed by atoms with Crippen LogP contribution in [0, 0.1) is 0 Å². The summed E-state index contributed by atoms with van der Waals surface area (Å²) in [6.07, 6.45) is 0.125. The van der Waals surface area contributed by atoms with Crippen LogP contribution in [0.15, 0.2) is 42.5 Å². The maximum atomic E-state index is 10.9. The molecule has 94 valence electrons. The van der Waals surface area contributed by atoms with E-state index in [1.165, 1.54) is 18.3 Å². The molecule has 0 radical (unpaired) electrons. The van der Waals surface area contributed by atoms with Gasteiger partial charge in [-0.2, -0.15) is 0 Å². The lowest BCUT2D eigenvalue weighted by atomic mass is 10.0.